The van der Waals surface area contributed by atoms with Gasteiger partial charge in [0, 0.05) is 11.3 Å². The molecule has 0 aliphatic heterocycles. The number of sulfonamides is 1. The molecule has 12 heteroatoms. The number of ether oxygens (including phenoxy) is 1. The highest BCUT2D eigenvalue weighted by Crippen LogP contribution is 2.38. The van der Waals surface area contributed by atoms with Crippen LogP contribution in [0.3, 0.4) is 0 Å². The third-order valence-corrected chi connectivity index (χ3v) is 8.41. The van der Waals surface area contributed by atoms with E-state index in [2.05, 4.69) is 25.0 Å². The molecule has 0 bridgehead atoms. The molecule has 1 fully saturated rings. The molecule has 2 aromatic heterocycles. The summed E-state index contributed by atoms with van der Waals surface area (Å²) < 4.78 is 32.5. The topological polar surface area (TPSA) is 123 Å². The fourth-order valence-electron chi connectivity index (χ4n) is 3.14. The Balaban J connectivity index is 1.47. The van der Waals surface area contributed by atoms with Gasteiger partial charge in [0.15, 0.2) is 5.13 Å². The minimum atomic E-state index is -3.47. The Kier molecular flexibility index (Phi) is 6.79. The predicted octanol–water partition coefficient (Wildman–Crippen LogP) is 4.47. The highest BCUT2D eigenvalue weighted by molar-refractivity contribution is 7.93. The van der Waals surface area contributed by atoms with Crippen LogP contribution in [0.25, 0.3) is 11.3 Å². The van der Waals surface area contributed by atoms with Crippen molar-refractivity contribution in [2.45, 2.75) is 44.3 Å². The van der Waals surface area contributed by atoms with E-state index in [1.54, 1.807) is 38.4 Å². The van der Waals surface area contributed by atoms with E-state index < -0.39 is 15.4 Å². The minimum absolute atomic E-state index is 0.160. The number of carbonyl (C=O) groups excluding carboxylic acids is 1. The van der Waals surface area contributed by atoms with Gasteiger partial charge in [-0.3, -0.25) is 14.5 Å². The fraction of sp³-hybridized carbons (Fsp3) is 0.364. The molecule has 2 heterocycles. The van der Waals surface area contributed by atoms with E-state index in [0.717, 1.165) is 16.9 Å². The van der Waals surface area contributed by atoms with Gasteiger partial charge >= 0.3 is 0 Å². The Labute approximate surface area is 207 Å². The molecule has 0 saturated heterocycles. The first-order valence-electron chi connectivity index (χ1n) is 10.7. The molecule has 2 N–H and O–H groups in total. The molecule has 34 heavy (non-hydrogen) atoms. The van der Waals surface area contributed by atoms with Crippen LogP contribution < -0.4 is 14.8 Å². The van der Waals surface area contributed by atoms with Crippen LogP contribution in [-0.2, 0) is 20.2 Å². The number of amides is 1. The molecule has 0 radical (unpaired) electrons. The molecule has 1 aliphatic carbocycles. The number of anilines is 2. The number of carbonyl (C=O) groups is 1. The van der Waals surface area contributed by atoms with Crippen LogP contribution >= 0.6 is 22.9 Å². The van der Waals surface area contributed by atoms with Crippen LogP contribution in [-0.4, -0.2) is 41.1 Å². The minimum Gasteiger partial charge on any atom is -0.477 e. The molecule has 0 spiro atoms. The van der Waals surface area contributed by atoms with Gasteiger partial charge in [-0.2, -0.15) is 0 Å². The Morgan fingerprint density at radius 1 is 1.21 bits per heavy atom. The molecular weight excluding hydrogens is 498 g/mol. The lowest BCUT2D eigenvalue weighted by molar-refractivity contribution is -0.120. The molecule has 1 amide bonds. The Morgan fingerprint density at radius 3 is 2.56 bits per heavy atom. The van der Waals surface area contributed by atoms with Gasteiger partial charge in [0.05, 0.1) is 41.1 Å². The van der Waals surface area contributed by atoms with E-state index in [4.69, 9.17) is 16.3 Å². The standard InChI is InChI=1S/C22H24ClN5O4S2/c1-4-32-17-12-24-11-16(26-17)13-5-7-14(8-6-13)25-20(29)22(2,3)18-19(23)33-21(27-18)28-34(30,31)15-9-10-15/h5-8,11-12,15H,4,9-10H2,1-3H3,(H,25,29)(H,27,28). The summed E-state index contributed by atoms with van der Waals surface area (Å²) in [7, 11) is -3.47. The van der Waals surface area contributed by atoms with Gasteiger partial charge in [0.25, 0.3) is 0 Å². The van der Waals surface area contributed by atoms with Crippen LogP contribution in [0, 0.1) is 0 Å². The summed E-state index contributed by atoms with van der Waals surface area (Å²) in [5, 5.41) is 2.65. The average molecular weight is 522 g/mol. The van der Waals surface area contributed by atoms with E-state index in [1.165, 1.54) is 0 Å². The van der Waals surface area contributed by atoms with Crippen molar-refractivity contribution in [2.75, 3.05) is 16.6 Å². The smallest absolute Gasteiger partial charge is 0.237 e. The van der Waals surface area contributed by atoms with Crippen molar-refractivity contribution in [3.8, 4) is 17.1 Å². The van der Waals surface area contributed by atoms with Crippen molar-refractivity contribution in [3.63, 3.8) is 0 Å². The average Bonchev–Trinajstić information content (AvgIpc) is 3.59. The van der Waals surface area contributed by atoms with E-state index >= 15 is 0 Å². The van der Waals surface area contributed by atoms with Crippen LogP contribution in [0.4, 0.5) is 10.8 Å². The van der Waals surface area contributed by atoms with Crippen LogP contribution in [0.15, 0.2) is 36.7 Å². The molecule has 0 unspecified atom stereocenters. The number of rotatable bonds is 9. The van der Waals surface area contributed by atoms with Crippen molar-refractivity contribution in [3.05, 3.63) is 46.7 Å². The van der Waals surface area contributed by atoms with Crippen molar-refractivity contribution in [1.82, 2.24) is 15.0 Å². The first-order chi connectivity index (χ1) is 16.1. The van der Waals surface area contributed by atoms with Gasteiger partial charge < -0.3 is 10.1 Å². The lowest BCUT2D eigenvalue weighted by Gasteiger charge is -2.22. The van der Waals surface area contributed by atoms with E-state index in [1.807, 2.05) is 19.1 Å². The number of nitrogens with zero attached hydrogens (tertiary/aromatic N) is 3. The molecule has 1 aromatic carbocycles. The zero-order valence-electron chi connectivity index (χ0n) is 18.8. The molecular formula is C22H24ClN5O4S2. The first kappa shape index (κ1) is 24.4. The highest BCUT2D eigenvalue weighted by Gasteiger charge is 2.38. The second-order valence-corrected chi connectivity index (χ2v) is 11.9. The summed E-state index contributed by atoms with van der Waals surface area (Å²) in [6, 6.07) is 7.16. The fourth-order valence-corrected chi connectivity index (χ4v) is 6.07. The largest absolute Gasteiger partial charge is 0.477 e. The summed E-state index contributed by atoms with van der Waals surface area (Å²) in [6.07, 6.45) is 4.46. The van der Waals surface area contributed by atoms with Gasteiger partial charge in [-0.15, -0.1) is 0 Å². The molecule has 1 saturated carbocycles. The number of aromatic nitrogens is 3. The van der Waals surface area contributed by atoms with Gasteiger partial charge in [0.1, 0.15) is 4.34 Å². The van der Waals surface area contributed by atoms with E-state index in [0.29, 0.717) is 42.4 Å². The predicted molar refractivity (Wildman–Crippen MR) is 133 cm³/mol. The number of hydrogen-bond donors (Lipinski definition) is 2. The second-order valence-electron chi connectivity index (χ2n) is 8.32. The molecule has 3 aromatic rings. The van der Waals surface area contributed by atoms with Crippen LogP contribution in [0.1, 0.15) is 39.3 Å². The zero-order valence-corrected chi connectivity index (χ0v) is 21.2. The lowest BCUT2D eigenvalue weighted by atomic mass is 9.89. The zero-order chi connectivity index (χ0) is 24.5. The van der Waals surface area contributed by atoms with Crippen molar-refractivity contribution < 1.29 is 17.9 Å². The number of benzene rings is 1. The van der Waals surface area contributed by atoms with Crippen molar-refractivity contribution in [1.29, 1.82) is 0 Å². The first-order valence-corrected chi connectivity index (χ1v) is 13.4. The normalized spacial score (nSPS) is 14.0. The van der Waals surface area contributed by atoms with Gasteiger partial charge in [-0.05, 0) is 45.7 Å². The number of halogens is 1. The lowest BCUT2D eigenvalue weighted by Crippen LogP contribution is -2.35. The summed E-state index contributed by atoms with van der Waals surface area (Å²) in [4.78, 5) is 26.0. The molecule has 4 rings (SSSR count). The third-order valence-electron chi connectivity index (χ3n) is 5.28. The quantitative estimate of drug-likeness (QED) is 0.425. The van der Waals surface area contributed by atoms with Crippen LogP contribution in [0.2, 0.25) is 4.34 Å². The summed E-state index contributed by atoms with van der Waals surface area (Å²) in [6.45, 7) is 5.74. The molecule has 9 nitrogen and oxygen atoms in total. The summed E-state index contributed by atoms with van der Waals surface area (Å²) >= 11 is 7.34. The number of nitrogens with one attached hydrogen (secondary N) is 2. The SMILES string of the molecule is CCOc1cncc(-c2ccc(NC(=O)C(C)(C)c3nc(NS(=O)(=O)C4CC4)sc3Cl)cc2)n1. The van der Waals surface area contributed by atoms with Crippen LogP contribution in [0.5, 0.6) is 5.88 Å². The highest BCUT2D eigenvalue weighted by atomic mass is 35.5. The van der Waals surface area contributed by atoms with Gasteiger partial charge in [-0.25, -0.2) is 18.4 Å². The molecule has 0 atom stereocenters. The van der Waals surface area contributed by atoms with E-state index in [-0.39, 0.29) is 20.6 Å². The van der Waals surface area contributed by atoms with Gasteiger partial charge in [0.2, 0.25) is 21.8 Å². The maximum atomic E-state index is 13.1. The third kappa shape index (κ3) is 5.31. The molecule has 1 aliphatic rings. The van der Waals surface area contributed by atoms with Gasteiger partial charge in [-0.1, -0.05) is 35.1 Å². The summed E-state index contributed by atoms with van der Waals surface area (Å²) in [5.74, 6) is 0.111. The monoisotopic (exact) mass is 521 g/mol. The summed E-state index contributed by atoms with van der Waals surface area (Å²) in [5.41, 5.74) is 1.26. The maximum Gasteiger partial charge on any atom is 0.237 e. The Bertz CT molecular complexity index is 1310. The maximum absolute atomic E-state index is 13.1. The van der Waals surface area contributed by atoms with Crippen molar-refractivity contribution >= 4 is 49.7 Å². The number of thiazole rings is 1. The van der Waals surface area contributed by atoms with Crippen molar-refractivity contribution in [2.24, 2.45) is 0 Å². The number of hydrogen-bond acceptors (Lipinski definition) is 8. The van der Waals surface area contributed by atoms with E-state index in [9.17, 15) is 13.2 Å². The molecule has 180 valence electrons. The Hall–Kier alpha value is -2.76. The Morgan fingerprint density at radius 2 is 1.91 bits per heavy atom. The second kappa shape index (κ2) is 9.47.